The molecule has 2 amide bonds. The van der Waals surface area contributed by atoms with E-state index in [2.05, 4.69) is 11.9 Å². The van der Waals surface area contributed by atoms with Gasteiger partial charge in [0.05, 0.1) is 11.5 Å². The Morgan fingerprint density at radius 1 is 1.23 bits per heavy atom. The third-order valence-corrected chi connectivity index (χ3v) is 7.63. The molecule has 9 nitrogen and oxygen atoms in total. The van der Waals surface area contributed by atoms with Crippen LogP contribution in [0.1, 0.15) is 19.3 Å². The van der Waals surface area contributed by atoms with Crippen LogP contribution in [0.4, 0.5) is 0 Å². The molecule has 1 aromatic rings. The van der Waals surface area contributed by atoms with Crippen LogP contribution in [0, 0.1) is 0 Å². The number of primary amides is 1. The molecule has 170 valence electrons. The first-order valence-corrected chi connectivity index (χ1v) is 11.4. The van der Waals surface area contributed by atoms with E-state index >= 15 is 0 Å². The monoisotopic (exact) mass is 451 g/mol. The first-order valence-electron chi connectivity index (χ1n) is 9.93. The van der Waals surface area contributed by atoms with Gasteiger partial charge < -0.3 is 26.3 Å². The van der Waals surface area contributed by atoms with Gasteiger partial charge in [-0.1, -0.05) is 18.7 Å². The molecule has 2 rings (SSSR count). The van der Waals surface area contributed by atoms with Crippen molar-refractivity contribution in [2.45, 2.75) is 28.9 Å². The van der Waals surface area contributed by atoms with Crippen molar-refractivity contribution in [3.63, 3.8) is 0 Å². The van der Waals surface area contributed by atoms with Gasteiger partial charge in [-0.2, -0.15) is 0 Å². The van der Waals surface area contributed by atoms with Crippen molar-refractivity contribution in [2.75, 3.05) is 32.9 Å². The number of sulfone groups is 1. The largest absolute Gasteiger partial charge is 0.494 e. The summed E-state index contributed by atoms with van der Waals surface area (Å²) in [7, 11) is -3.97. The van der Waals surface area contributed by atoms with Crippen LogP contribution < -0.4 is 21.5 Å². The highest BCUT2D eigenvalue weighted by Gasteiger charge is 2.51. The van der Waals surface area contributed by atoms with Crippen molar-refractivity contribution in [3.8, 4) is 5.75 Å². The molecule has 1 saturated heterocycles. The van der Waals surface area contributed by atoms with Crippen LogP contribution in [0.25, 0.3) is 0 Å². The summed E-state index contributed by atoms with van der Waals surface area (Å²) >= 11 is 0. The van der Waals surface area contributed by atoms with Crippen molar-refractivity contribution in [1.82, 2.24) is 5.32 Å². The lowest BCUT2D eigenvalue weighted by Gasteiger charge is -2.33. The van der Waals surface area contributed by atoms with E-state index in [4.69, 9.17) is 20.9 Å². The maximum absolute atomic E-state index is 13.1. The Labute approximate surface area is 182 Å². The Bertz CT molecular complexity index is 919. The fourth-order valence-corrected chi connectivity index (χ4v) is 5.16. The molecule has 1 aliphatic heterocycles. The Morgan fingerprint density at radius 3 is 2.42 bits per heavy atom. The lowest BCUT2D eigenvalue weighted by atomic mass is 9.98. The Balaban J connectivity index is 1.92. The molecule has 0 aliphatic carbocycles. The topological polar surface area (TPSA) is 151 Å². The van der Waals surface area contributed by atoms with Gasteiger partial charge in [-0.05, 0) is 43.5 Å². The summed E-state index contributed by atoms with van der Waals surface area (Å²) in [6.45, 7) is 4.69. The van der Waals surface area contributed by atoms with E-state index in [0.717, 1.165) is 0 Å². The maximum atomic E-state index is 13.1. The number of nitrogens with two attached hydrogens (primary N) is 2. The summed E-state index contributed by atoms with van der Waals surface area (Å²) in [5, 5.41) is 2.74. The van der Waals surface area contributed by atoms with Gasteiger partial charge >= 0.3 is 0 Å². The van der Waals surface area contributed by atoms with E-state index in [1.165, 1.54) is 30.3 Å². The Hall–Kier alpha value is -2.69. The number of ether oxygens (including phenoxy) is 2. The summed E-state index contributed by atoms with van der Waals surface area (Å²) < 4.78 is 35.3. The number of amides is 2. The number of benzene rings is 1. The van der Waals surface area contributed by atoms with Gasteiger partial charge in [-0.3, -0.25) is 9.59 Å². The van der Waals surface area contributed by atoms with Crippen LogP contribution in [0.3, 0.4) is 0 Å². The molecule has 0 aromatic heterocycles. The molecule has 0 radical (unpaired) electrons. The van der Waals surface area contributed by atoms with E-state index in [1.54, 1.807) is 6.08 Å². The van der Waals surface area contributed by atoms with Gasteiger partial charge in [0, 0.05) is 31.9 Å². The molecular formula is C21H29N3O6S. The molecule has 1 aliphatic rings. The number of carbonyl (C=O) groups excluding carboxylic acids is 2. The van der Waals surface area contributed by atoms with E-state index < -0.39 is 20.5 Å². The summed E-state index contributed by atoms with van der Waals surface area (Å²) in [4.78, 5) is 23.9. The zero-order valence-electron chi connectivity index (χ0n) is 17.3. The summed E-state index contributed by atoms with van der Waals surface area (Å²) in [5.74, 6) is -0.646. The molecule has 0 spiro atoms. The van der Waals surface area contributed by atoms with Crippen LogP contribution in [-0.4, -0.2) is 57.9 Å². The first kappa shape index (κ1) is 24.6. The van der Waals surface area contributed by atoms with Gasteiger partial charge in [0.15, 0.2) is 14.6 Å². The lowest BCUT2D eigenvalue weighted by molar-refractivity contribution is -0.123. The van der Waals surface area contributed by atoms with Crippen LogP contribution in [-0.2, 0) is 24.2 Å². The number of allylic oxidation sites excluding steroid dienone is 2. The van der Waals surface area contributed by atoms with Crippen molar-refractivity contribution < 1.29 is 27.5 Å². The molecule has 10 heteroatoms. The summed E-state index contributed by atoms with van der Waals surface area (Å²) in [6, 6.07) is 5.86. The van der Waals surface area contributed by atoms with Crippen LogP contribution in [0.2, 0.25) is 0 Å². The fraction of sp³-hybridized carbons (Fsp3) is 0.429. The minimum atomic E-state index is -3.97. The zero-order valence-corrected chi connectivity index (χ0v) is 18.2. The van der Waals surface area contributed by atoms with Crippen LogP contribution >= 0.6 is 0 Å². The predicted octanol–water partition coefficient (Wildman–Crippen LogP) is 0.451. The van der Waals surface area contributed by atoms with Crippen LogP contribution in [0.15, 0.2) is 53.5 Å². The van der Waals surface area contributed by atoms with E-state index in [1.807, 2.05) is 0 Å². The Kier molecular flexibility index (Phi) is 8.78. The number of hydrogen-bond donors (Lipinski definition) is 3. The Morgan fingerprint density at radius 2 is 1.87 bits per heavy atom. The van der Waals surface area contributed by atoms with E-state index in [-0.39, 0.29) is 43.4 Å². The average Bonchev–Trinajstić information content (AvgIpc) is 2.77. The lowest BCUT2D eigenvalue weighted by Crippen LogP contribution is -2.53. The summed E-state index contributed by atoms with van der Waals surface area (Å²) in [5.41, 5.74) is 11.4. The summed E-state index contributed by atoms with van der Waals surface area (Å²) in [6.07, 6.45) is 3.67. The second-order valence-corrected chi connectivity index (χ2v) is 9.30. The predicted molar refractivity (Wildman–Crippen MR) is 116 cm³/mol. The molecule has 0 saturated carbocycles. The van der Waals surface area contributed by atoms with Gasteiger partial charge in [0.2, 0.25) is 11.8 Å². The van der Waals surface area contributed by atoms with Crippen LogP contribution in [0.5, 0.6) is 5.75 Å². The average molecular weight is 452 g/mol. The zero-order chi connectivity index (χ0) is 22.9. The number of rotatable bonds is 11. The first-order chi connectivity index (χ1) is 14.8. The molecule has 0 unspecified atom stereocenters. The third kappa shape index (κ3) is 5.72. The van der Waals surface area contributed by atoms with E-state index in [0.29, 0.717) is 30.9 Å². The number of hydrogen-bond acceptors (Lipinski definition) is 7. The normalized spacial score (nSPS) is 16.4. The molecule has 1 heterocycles. The molecule has 31 heavy (non-hydrogen) atoms. The highest BCUT2D eigenvalue weighted by molar-refractivity contribution is 7.93. The van der Waals surface area contributed by atoms with Crippen molar-refractivity contribution in [2.24, 2.45) is 11.5 Å². The molecule has 1 aromatic carbocycles. The number of carbonyl (C=O) groups is 2. The van der Waals surface area contributed by atoms with Gasteiger partial charge in [-0.15, -0.1) is 0 Å². The second kappa shape index (κ2) is 11.1. The quantitative estimate of drug-likeness (QED) is 0.251. The molecule has 1 fully saturated rings. The van der Waals surface area contributed by atoms with Crippen molar-refractivity contribution >= 4 is 21.7 Å². The minimum Gasteiger partial charge on any atom is -0.494 e. The SMILES string of the molecule is C=C/C=C(\CN)C(=O)NCCCOc1ccc(S(=O)(=O)C2(C(N)=O)CCOCC2)cc1. The standard InChI is InChI=1S/C21H29N3O6S/c1-2-4-16(15-22)19(25)24-11-3-12-30-17-5-7-18(8-6-17)31(27,28)21(20(23)26)9-13-29-14-10-21/h2,4-8H,1,3,9-15,22H2,(H2,23,26)(H,24,25)/b16-4+. The fourth-order valence-electron chi connectivity index (χ4n) is 3.25. The second-order valence-electron chi connectivity index (χ2n) is 7.04. The minimum absolute atomic E-state index is 0.0103. The highest BCUT2D eigenvalue weighted by atomic mass is 32.2. The highest BCUT2D eigenvalue weighted by Crippen LogP contribution is 2.35. The maximum Gasteiger partial charge on any atom is 0.248 e. The van der Waals surface area contributed by atoms with Gasteiger partial charge in [0.25, 0.3) is 0 Å². The number of nitrogens with one attached hydrogen (secondary N) is 1. The van der Waals surface area contributed by atoms with Gasteiger partial charge in [0.1, 0.15) is 5.75 Å². The van der Waals surface area contributed by atoms with E-state index in [9.17, 15) is 18.0 Å². The van der Waals surface area contributed by atoms with Crippen molar-refractivity contribution in [3.05, 3.63) is 48.6 Å². The molecular weight excluding hydrogens is 422 g/mol. The third-order valence-electron chi connectivity index (χ3n) is 5.10. The molecule has 5 N–H and O–H groups in total. The van der Waals surface area contributed by atoms with Gasteiger partial charge in [-0.25, -0.2) is 8.42 Å². The smallest absolute Gasteiger partial charge is 0.248 e. The molecule has 0 atom stereocenters. The van der Waals surface area contributed by atoms with Crippen molar-refractivity contribution in [1.29, 1.82) is 0 Å². The molecule has 0 bridgehead atoms.